The van der Waals surface area contributed by atoms with Gasteiger partial charge >= 0.3 is 5.97 Å². The molecule has 0 fully saturated rings. The molecule has 0 spiro atoms. The Kier molecular flexibility index (Phi) is 9.41. The molecule has 0 bridgehead atoms. The molecule has 4 rings (SSSR count). The molecule has 1 heterocycles. The first-order valence-electron chi connectivity index (χ1n) is 13.8. The fourth-order valence-electron chi connectivity index (χ4n) is 4.53. The molecule has 2 unspecified atom stereocenters. The van der Waals surface area contributed by atoms with Crippen molar-refractivity contribution in [2.24, 2.45) is 5.73 Å². The van der Waals surface area contributed by atoms with E-state index in [4.69, 9.17) is 29.4 Å². The Labute approximate surface area is 241 Å². The molecule has 0 amide bonds. The molecule has 2 N–H and O–H groups in total. The van der Waals surface area contributed by atoms with E-state index in [2.05, 4.69) is 26.8 Å². The zero-order valence-corrected chi connectivity index (χ0v) is 24.1. The lowest BCUT2D eigenvalue weighted by atomic mass is 9.83. The summed E-state index contributed by atoms with van der Waals surface area (Å²) in [6, 6.07) is 20.4. The summed E-state index contributed by atoms with van der Waals surface area (Å²) in [5.74, 6) is 1.73. The van der Waals surface area contributed by atoms with Crippen molar-refractivity contribution in [3.05, 3.63) is 88.8 Å². The van der Waals surface area contributed by atoms with Crippen LogP contribution in [-0.4, -0.2) is 25.8 Å². The molecule has 0 saturated heterocycles. The smallest absolute Gasteiger partial charge is 0.352 e. The summed E-state index contributed by atoms with van der Waals surface area (Å²) in [5.41, 5.74) is 9.12. The highest BCUT2D eigenvalue weighted by Gasteiger charge is 2.32. The van der Waals surface area contributed by atoms with Gasteiger partial charge in [-0.3, -0.25) is 0 Å². The van der Waals surface area contributed by atoms with Crippen LogP contribution in [-0.2, 0) is 4.79 Å². The minimum atomic E-state index is -0.842. The number of hydrogen-bond donors (Lipinski definition) is 1. The Morgan fingerprint density at radius 1 is 1.02 bits per heavy atom. The van der Waals surface area contributed by atoms with Gasteiger partial charge in [0.05, 0.1) is 19.6 Å². The number of allylic oxidation sites excluding steroid dienone is 1. The first-order chi connectivity index (χ1) is 19.7. The standard InChI is InChI=1S/C33H36N2O6/c1-6-7-16-38-28-15-10-23(17-30(28)37-5)31-26-14-13-25(18-29(26)41-32(35)27(31)19-34)40-33(36)21(4)39-24-11-8-22(9-12-24)20(2)3/h8-15,17-18,20-21,31H,6-7,16,35H2,1-5H3. The van der Waals surface area contributed by atoms with Crippen LogP contribution >= 0.6 is 0 Å². The van der Waals surface area contributed by atoms with Crippen molar-refractivity contribution in [1.82, 2.24) is 0 Å². The highest BCUT2D eigenvalue weighted by molar-refractivity contribution is 5.77. The minimum absolute atomic E-state index is 0.0164. The number of carbonyl (C=O) groups excluding carboxylic acids is 1. The average molecular weight is 557 g/mol. The van der Waals surface area contributed by atoms with Crippen LogP contribution in [0.3, 0.4) is 0 Å². The van der Waals surface area contributed by atoms with E-state index in [1.165, 1.54) is 5.56 Å². The zero-order chi connectivity index (χ0) is 29.5. The molecule has 0 saturated carbocycles. The lowest BCUT2D eigenvalue weighted by Crippen LogP contribution is -2.28. The van der Waals surface area contributed by atoms with Gasteiger partial charge in [-0.05, 0) is 60.7 Å². The Bertz CT molecular complexity index is 1460. The molecule has 41 heavy (non-hydrogen) atoms. The van der Waals surface area contributed by atoms with E-state index in [0.29, 0.717) is 41.1 Å². The number of nitrogens with two attached hydrogens (primary N) is 1. The summed E-state index contributed by atoms with van der Waals surface area (Å²) < 4.78 is 28.6. The molecule has 0 aliphatic carbocycles. The van der Waals surface area contributed by atoms with Crippen LogP contribution in [0.15, 0.2) is 72.1 Å². The van der Waals surface area contributed by atoms with Crippen molar-refractivity contribution in [2.75, 3.05) is 13.7 Å². The van der Waals surface area contributed by atoms with Crippen LogP contribution in [0.25, 0.3) is 0 Å². The van der Waals surface area contributed by atoms with Gasteiger partial charge in [0.2, 0.25) is 5.88 Å². The molecule has 214 valence electrons. The molecule has 8 heteroatoms. The maximum atomic E-state index is 12.8. The Morgan fingerprint density at radius 2 is 1.76 bits per heavy atom. The number of carbonyl (C=O) groups is 1. The van der Waals surface area contributed by atoms with Gasteiger partial charge in [-0.15, -0.1) is 0 Å². The second-order valence-corrected chi connectivity index (χ2v) is 10.1. The number of ether oxygens (including phenoxy) is 5. The van der Waals surface area contributed by atoms with Gasteiger partial charge in [0.1, 0.15) is 28.9 Å². The summed E-state index contributed by atoms with van der Waals surface area (Å²) in [7, 11) is 1.57. The van der Waals surface area contributed by atoms with Crippen molar-refractivity contribution in [3.63, 3.8) is 0 Å². The summed E-state index contributed by atoms with van der Waals surface area (Å²) in [6.45, 7) is 8.54. The fourth-order valence-corrected chi connectivity index (χ4v) is 4.53. The number of hydrogen-bond acceptors (Lipinski definition) is 8. The third kappa shape index (κ3) is 6.75. The lowest BCUT2D eigenvalue weighted by molar-refractivity contribution is -0.141. The molecule has 0 aromatic heterocycles. The van der Waals surface area contributed by atoms with Crippen molar-refractivity contribution in [3.8, 4) is 34.8 Å². The van der Waals surface area contributed by atoms with Gasteiger partial charge in [-0.1, -0.05) is 51.5 Å². The summed E-state index contributed by atoms with van der Waals surface area (Å²) in [4.78, 5) is 12.8. The van der Waals surface area contributed by atoms with Crippen LogP contribution < -0.4 is 29.4 Å². The van der Waals surface area contributed by atoms with Crippen LogP contribution in [0, 0.1) is 11.3 Å². The number of rotatable bonds is 11. The Balaban J connectivity index is 1.55. The monoisotopic (exact) mass is 556 g/mol. The molecule has 8 nitrogen and oxygen atoms in total. The van der Waals surface area contributed by atoms with Gasteiger partial charge in [-0.2, -0.15) is 5.26 Å². The SMILES string of the molecule is CCCCOc1ccc(C2C(C#N)=C(N)Oc3cc(OC(=O)C(C)Oc4ccc(C(C)C)cc4)ccc32)cc1OC. The van der Waals surface area contributed by atoms with E-state index in [9.17, 15) is 10.1 Å². The number of fused-ring (bicyclic) bond motifs is 1. The highest BCUT2D eigenvalue weighted by atomic mass is 16.6. The zero-order valence-electron chi connectivity index (χ0n) is 24.1. The van der Waals surface area contributed by atoms with Crippen molar-refractivity contribution in [2.45, 2.75) is 58.5 Å². The molecule has 3 aromatic rings. The number of nitrogens with zero attached hydrogens (tertiary/aromatic N) is 1. The van der Waals surface area contributed by atoms with Crippen molar-refractivity contribution < 1.29 is 28.5 Å². The third-order valence-electron chi connectivity index (χ3n) is 6.88. The quantitative estimate of drug-likeness (QED) is 0.160. The third-order valence-corrected chi connectivity index (χ3v) is 6.88. The number of benzene rings is 3. The van der Waals surface area contributed by atoms with Gasteiger partial charge in [0, 0.05) is 11.6 Å². The second kappa shape index (κ2) is 13.1. The Morgan fingerprint density at radius 3 is 2.41 bits per heavy atom. The van der Waals surface area contributed by atoms with E-state index in [1.54, 1.807) is 32.2 Å². The fraction of sp³-hybridized carbons (Fsp3) is 0.333. The highest BCUT2D eigenvalue weighted by Crippen LogP contribution is 2.45. The number of nitriles is 1. The largest absolute Gasteiger partial charge is 0.493 e. The van der Waals surface area contributed by atoms with Crippen LogP contribution in [0.4, 0.5) is 0 Å². The molecule has 1 aliphatic rings. The molecule has 0 radical (unpaired) electrons. The molecular weight excluding hydrogens is 520 g/mol. The summed E-state index contributed by atoms with van der Waals surface area (Å²) in [6.07, 6.45) is 1.11. The van der Waals surface area contributed by atoms with Gasteiger partial charge in [0.25, 0.3) is 0 Å². The topological polar surface area (TPSA) is 113 Å². The van der Waals surface area contributed by atoms with E-state index in [1.807, 2.05) is 42.5 Å². The van der Waals surface area contributed by atoms with Crippen molar-refractivity contribution in [1.29, 1.82) is 5.26 Å². The average Bonchev–Trinajstić information content (AvgIpc) is 2.96. The summed E-state index contributed by atoms with van der Waals surface area (Å²) >= 11 is 0. The molecule has 1 aliphatic heterocycles. The predicted octanol–water partition coefficient (Wildman–Crippen LogP) is 6.59. The van der Waals surface area contributed by atoms with Gasteiger partial charge in [-0.25, -0.2) is 4.79 Å². The number of unbranched alkanes of at least 4 members (excludes halogenated alkanes) is 1. The van der Waals surface area contributed by atoms with Crippen LogP contribution in [0.5, 0.6) is 28.7 Å². The molecular formula is C33H36N2O6. The van der Waals surface area contributed by atoms with Crippen molar-refractivity contribution >= 4 is 5.97 Å². The minimum Gasteiger partial charge on any atom is -0.493 e. The maximum Gasteiger partial charge on any atom is 0.352 e. The first kappa shape index (κ1) is 29.3. The van der Waals surface area contributed by atoms with E-state index >= 15 is 0 Å². The first-order valence-corrected chi connectivity index (χ1v) is 13.8. The van der Waals surface area contributed by atoms with Gasteiger partial charge < -0.3 is 29.4 Å². The van der Waals surface area contributed by atoms with Gasteiger partial charge in [0.15, 0.2) is 17.6 Å². The molecule has 3 aromatic carbocycles. The lowest BCUT2D eigenvalue weighted by Gasteiger charge is -2.27. The van der Waals surface area contributed by atoms with E-state index in [0.717, 1.165) is 18.4 Å². The second-order valence-electron chi connectivity index (χ2n) is 10.1. The Hall–Kier alpha value is -4.64. The normalized spacial score (nSPS) is 14.9. The maximum absolute atomic E-state index is 12.8. The van der Waals surface area contributed by atoms with E-state index < -0.39 is 18.0 Å². The van der Waals surface area contributed by atoms with E-state index in [-0.39, 0.29) is 17.2 Å². The number of methoxy groups -OCH3 is 1. The van der Waals surface area contributed by atoms with Crippen LogP contribution in [0.2, 0.25) is 0 Å². The number of esters is 1. The molecule has 2 atom stereocenters. The predicted molar refractivity (Wildman–Crippen MR) is 155 cm³/mol. The van der Waals surface area contributed by atoms with Crippen LogP contribution in [0.1, 0.15) is 69.1 Å². The summed E-state index contributed by atoms with van der Waals surface area (Å²) in [5, 5.41) is 9.93.